The highest BCUT2D eigenvalue weighted by Gasteiger charge is 2.28. The zero-order valence-electron chi connectivity index (χ0n) is 57.8. The Balaban J connectivity index is 0.000000445. The van der Waals surface area contributed by atoms with Crippen molar-refractivity contribution in [3.8, 4) is 23.0 Å². The van der Waals surface area contributed by atoms with Gasteiger partial charge in [0.2, 0.25) is 0 Å². The average molecular weight is 1450 g/mol. The van der Waals surface area contributed by atoms with E-state index >= 15 is 0 Å². The molecule has 9 N–H and O–H groups in total. The number of carbonyl (C=O) groups is 11. The molecule has 1 aromatic heterocycles. The highest BCUT2D eigenvalue weighted by Crippen LogP contribution is 2.25. The molecular formula is C68H89BrN8O20S. The second-order valence-electron chi connectivity index (χ2n) is 25.3. The number of ether oxygens (including phenoxy) is 8. The molecule has 98 heavy (non-hydrogen) atoms. The smallest absolute Gasteiger partial charge is 0.408 e. The topological polar surface area (TPSA) is 407 Å². The van der Waals surface area contributed by atoms with Crippen LogP contribution >= 0.6 is 27.3 Å². The molecule has 0 aliphatic carbocycles. The molecule has 28 nitrogen and oxygen atoms in total. The Labute approximate surface area is 582 Å². The van der Waals surface area contributed by atoms with Crippen molar-refractivity contribution in [2.75, 3.05) is 11.1 Å². The third kappa shape index (κ3) is 37.9. The van der Waals surface area contributed by atoms with E-state index in [0.717, 1.165) is 22.9 Å². The van der Waals surface area contributed by atoms with Crippen LogP contribution in [0, 0.1) is 0 Å². The van der Waals surface area contributed by atoms with Crippen LogP contribution in [-0.2, 0) is 78.2 Å². The summed E-state index contributed by atoms with van der Waals surface area (Å²) in [5, 5.41) is 25.1. The number of nitrogens with one attached hydrogen (secondary N) is 4. The number of alkyl halides is 1. The lowest BCUT2D eigenvalue weighted by Crippen LogP contribution is -2.45. The number of aliphatic carboxylic acids is 1. The van der Waals surface area contributed by atoms with Crippen molar-refractivity contribution < 1.29 is 95.7 Å². The number of nitrogens with two attached hydrogens (primary N) is 2. The van der Waals surface area contributed by atoms with E-state index < -0.39 is 101 Å². The second-order valence-corrected chi connectivity index (χ2v) is 26.7. The van der Waals surface area contributed by atoms with Gasteiger partial charge in [-0.2, -0.15) is 5.10 Å². The first-order valence-corrected chi connectivity index (χ1v) is 32.3. The molecule has 4 atom stereocenters. The predicted octanol–water partition coefficient (Wildman–Crippen LogP) is 10.2. The molecular weight excluding hydrogens is 1360 g/mol. The van der Waals surface area contributed by atoms with Gasteiger partial charge in [0.05, 0.1) is 29.3 Å². The number of hydrazone groups is 1. The van der Waals surface area contributed by atoms with Crippen LogP contribution in [0.15, 0.2) is 108 Å². The Morgan fingerprint density at radius 1 is 0.480 bits per heavy atom. The van der Waals surface area contributed by atoms with Gasteiger partial charge >= 0.3 is 54.2 Å². The number of carboxylic acids is 1. The molecule has 5 rings (SSSR count). The number of esters is 4. The van der Waals surface area contributed by atoms with Crippen LogP contribution < -0.4 is 51.8 Å². The van der Waals surface area contributed by atoms with Crippen LogP contribution in [-0.4, -0.2) is 128 Å². The zero-order chi connectivity index (χ0) is 74.3. The molecule has 0 spiro atoms. The predicted molar refractivity (Wildman–Crippen MR) is 368 cm³/mol. The van der Waals surface area contributed by atoms with Crippen molar-refractivity contribution in [2.24, 2.45) is 10.9 Å². The highest BCUT2D eigenvalue weighted by atomic mass is 79.9. The first-order chi connectivity index (χ1) is 45.4. The monoisotopic (exact) mass is 1450 g/mol. The molecule has 0 unspecified atom stereocenters. The first kappa shape index (κ1) is 84.1. The zero-order valence-corrected chi connectivity index (χ0v) is 60.2. The average Bonchev–Trinajstić information content (AvgIpc) is 1.52. The van der Waals surface area contributed by atoms with E-state index in [2.05, 4.69) is 47.3 Å². The Kier molecular flexibility index (Phi) is 34.3. The highest BCUT2D eigenvalue weighted by molar-refractivity contribution is 9.09. The fraction of sp³-hybridized carbons (Fsp3) is 0.426. The Hall–Kier alpha value is -9.97. The Bertz CT molecular complexity index is 3500. The van der Waals surface area contributed by atoms with Crippen LogP contribution in [0.2, 0.25) is 0 Å². The quantitative estimate of drug-likeness (QED) is 0.00644. The van der Waals surface area contributed by atoms with Gasteiger partial charge in [-0.15, -0.1) is 11.3 Å². The SMILES string of the molecule is CC(=O)Oc1ccc(C[C@H](NC(=O)OC(C)(C)C)C(=O)C=NN)cc1.CC(=O)Oc1ccc(C[C@H](NC(=O)OC(C)(C)C)C(=O)CBr)cc1.CC(=O)Oc1ccc(C[C@H](NC(=O)OC(C)(C)C)C(=O)O)cc1.CC(=O)Oc1ccc(C[C@H](NC(=O)OC(C)(C)C)c2csc(N)n2)cc1. The number of hydrogen-bond acceptors (Lipinski definition) is 24. The molecule has 4 aromatic carbocycles. The number of carboxylic acid groups (broad SMARTS) is 1. The lowest BCUT2D eigenvalue weighted by molar-refractivity contribution is -0.139. The van der Waals surface area contributed by atoms with Crippen LogP contribution in [0.5, 0.6) is 23.0 Å². The molecule has 0 radical (unpaired) electrons. The second kappa shape index (κ2) is 39.9. The van der Waals surface area contributed by atoms with E-state index in [-0.39, 0.29) is 29.9 Å². The maximum Gasteiger partial charge on any atom is 0.408 e. The van der Waals surface area contributed by atoms with Crippen molar-refractivity contribution in [3.63, 3.8) is 0 Å². The van der Waals surface area contributed by atoms with Crippen LogP contribution in [0.4, 0.5) is 24.3 Å². The normalized spacial score (nSPS) is 12.3. The van der Waals surface area contributed by atoms with E-state index in [9.17, 15) is 57.8 Å². The number of halogens is 1. The van der Waals surface area contributed by atoms with E-state index in [4.69, 9.17) is 49.5 Å². The number of anilines is 1. The van der Waals surface area contributed by atoms with Crippen molar-refractivity contribution in [1.29, 1.82) is 0 Å². The summed E-state index contributed by atoms with van der Waals surface area (Å²) >= 11 is 4.43. The number of carbonyl (C=O) groups excluding carboxylic acids is 10. The fourth-order valence-corrected chi connectivity index (χ4v) is 8.80. The number of hydrogen-bond donors (Lipinski definition) is 7. The van der Waals surface area contributed by atoms with Gasteiger partial charge in [0, 0.05) is 45.9 Å². The molecule has 0 fully saturated rings. The number of benzene rings is 4. The van der Waals surface area contributed by atoms with Gasteiger partial charge in [-0.3, -0.25) is 28.8 Å². The van der Waals surface area contributed by atoms with Gasteiger partial charge in [0.1, 0.15) is 57.5 Å². The van der Waals surface area contributed by atoms with Gasteiger partial charge in [-0.05, 0) is 167 Å². The molecule has 0 aliphatic rings. The summed E-state index contributed by atoms with van der Waals surface area (Å²) in [6.45, 7) is 26.2. The molecule has 30 heteroatoms. The number of Topliss-reactive ketones (excluding diaryl/α,β-unsaturated/α-hetero) is 2. The van der Waals surface area contributed by atoms with E-state index in [1.165, 1.54) is 39.0 Å². The molecule has 0 saturated heterocycles. The van der Waals surface area contributed by atoms with E-state index in [1.54, 1.807) is 168 Å². The number of ketones is 2. The maximum atomic E-state index is 12.2. The number of amides is 4. The summed E-state index contributed by atoms with van der Waals surface area (Å²) < 4.78 is 40.6. The number of rotatable bonds is 22. The van der Waals surface area contributed by atoms with Gasteiger partial charge in [0.25, 0.3) is 0 Å². The minimum atomic E-state index is -1.17. The third-order valence-corrected chi connectivity index (χ3v) is 12.8. The number of nitrogen functional groups attached to an aromatic ring is 1. The van der Waals surface area contributed by atoms with Gasteiger partial charge in [-0.1, -0.05) is 64.5 Å². The van der Waals surface area contributed by atoms with Gasteiger partial charge in [0.15, 0.2) is 16.7 Å². The van der Waals surface area contributed by atoms with Crippen molar-refractivity contribution in [1.82, 2.24) is 26.3 Å². The van der Waals surface area contributed by atoms with Crippen LogP contribution in [0.3, 0.4) is 0 Å². The standard InChI is InChI=1S/C18H23N3O4S.C17H22BrNO5.C17H23N3O5.C16H21NO6/c1-11(22)24-13-7-5-12(6-8-13)9-14(15-10-26-16(19)20-15)21-17(23)25-18(2,3)4;1-11(20)23-13-7-5-12(6-8-13)9-14(15(21)10-18)19-16(22)24-17(2,3)4;1-11(21)24-13-7-5-12(6-8-13)9-14(15(22)10-19-18)20-16(23)25-17(2,3)4;1-10(18)22-12-7-5-11(6-8-12)9-13(14(19)20)17-15(21)23-16(2,3)4/h5-8,10,14H,9H2,1-4H3,(H2,19,20)(H,21,23);5-8,14H,9-10H2,1-4H3,(H,19,22);5-8,10,14H,9,18H2,1-4H3,(H,20,23);5-8,13H,9H2,1-4H3,(H,17,21)(H,19,20)/t3*14-;13-/m0000/s1. The molecule has 5 aromatic rings. The Morgan fingerprint density at radius 3 is 1.04 bits per heavy atom. The Morgan fingerprint density at radius 2 is 0.765 bits per heavy atom. The van der Waals surface area contributed by atoms with Gasteiger partial charge < -0.3 is 75.8 Å². The summed E-state index contributed by atoms with van der Waals surface area (Å²) in [6, 6.07) is 23.7. The third-order valence-electron chi connectivity index (χ3n) is 11.5. The molecule has 0 bridgehead atoms. The number of nitrogens with zero attached hydrogens (tertiary/aromatic N) is 2. The molecule has 0 saturated carbocycles. The summed E-state index contributed by atoms with van der Waals surface area (Å²) in [5.74, 6) is 3.24. The largest absolute Gasteiger partial charge is 0.480 e. The molecule has 0 aliphatic heterocycles. The lowest BCUT2D eigenvalue weighted by Gasteiger charge is -2.23. The van der Waals surface area contributed by atoms with Gasteiger partial charge in [-0.25, -0.2) is 29.0 Å². The van der Waals surface area contributed by atoms with E-state index in [0.29, 0.717) is 52.2 Å². The fourth-order valence-electron chi connectivity index (χ4n) is 7.80. The van der Waals surface area contributed by atoms with Crippen LogP contribution in [0.25, 0.3) is 0 Å². The summed E-state index contributed by atoms with van der Waals surface area (Å²) in [7, 11) is 0. The summed E-state index contributed by atoms with van der Waals surface area (Å²) in [4.78, 5) is 131. The number of thiazole rings is 1. The summed E-state index contributed by atoms with van der Waals surface area (Å²) in [6.07, 6.45) is -0.653. The van der Waals surface area contributed by atoms with Crippen molar-refractivity contribution >= 4 is 104 Å². The number of alkyl carbamates (subject to hydrolysis) is 4. The minimum Gasteiger partial charge on any atom is -0.480 e. The molecule has 1 heterocycles. The molecule has 4 amide bonds. The maximum absolute atomic E-state index is 12.2. The van der Waals surface area contributed by atoms with Crippen LogP contribution in [0.1, 0.15) is 145 Å². The number of aromatic nitrogens is 1. The summed E-state index contributed by atoms with van der Waals surface area (Å²) in [5.41, 5.74) is 6.93. The van der Waals surface area contributed by atoms with Crippen molar-refractivity contribution in [2.45, 2.75) is 183 Å². The minimum absolute atomic E-state index is 0.0783. The lowest BCUT2D eigenvalue weighted by atomic mass is 10.0. The first-order valence-electron chi connectivity index (χ1n) is 30.3. The van der Waals surface area contributed by atoms with E-state index in [1.807, 2.05) is 17.5 Å². The van der Waals surface area contributed by atoms with Crippen molar-refractivity contribution in [3.05, 3.63) is 130 Å². The molecule has 534 valence electrons.